The van der Waals surface area contributed by atoms with Crippen molar-refractivity contribution < 1.29 is 9.21 Å². The normalized spacial score (nSPS) is 10.7. The summed E-state index contributed by atoms with van der Waals surface area (Å²) in [6.45, 7) is 0. The predicted octanol–water partition coefficient (Wildman–Crippen LogP) is 3.84. The van der Waals surface area contributed by atoms with Gasteiger partial charge >= 0.3 is 5.63 Å². The molecule has 0 aliphatic rings. The van der Waals surface area contributed by atoms with E-state index in [0.717, 1.165) is 5.56 Å². The number of benzene rings is 2. The molecule has 0 radical (unpaired) electrons. The van der Waals surface area contributed by atoms with Crippen LogP contribution in [0.4, 0.5) is 0 Å². The van der Waals surface area contributed by atoms with Crippen molar-refractivity contribution in [2.24, 2.45) is 0 Å². The van der Waals surface area contributed by atoms with E-state index in [1.807, 2.05) is 30.3 Å². The van der Waals surface area contributed by atoms with Crippen LogP contribution in [-0.2, 0) is 0 Å². The molecule has 0 amide bonds. The second-order valence-electron chi connectivity index (χ2n) is 4.28. The first-order valence-electron chi connectivity index (χ1n) is 5.99. The number of fused-ring (bicyclic) bond motifs is 1. The van der Waals surface area contributed by atoms with Crippen molar-refractivity contribution >= 4 is 27.6 Å². The Bertz CT molecular complexity index is 850. The van der Waals surface area contributed by atoms with E-state index in [0.29, 0.717) is 16.3 Å². The highest BCUT2D eigenvalue weighted by Gasteiger charge is 2.19. The first kappa shape index (κ1) is 12.6. The van der Waals surface area contributed by atoms with E-state index in [1.165, 1.54) is 0 Å². The van der Waals surface area contributed by atoms with Gasteiger partial charge in [0.15, 0.2) is 5.76 Å². The topological polar surface area (TPSA) is 47.3 Å². The van der Waals surface area contributed by atoms with E-state index < -0.39 is 10.9 Å². The maximum atomic E-state index is 11.9. The van der Waals surface area contributed by atoms with Gasteiger partial charge in [-0.15, -0.1) is 0 Å². The molecule has 0 spiro atoms. The van der Waals surface area contributed by atoms with Gasteiger partial charge < -0.3 is 4.42 Å². The van der Waals surface area contributed by atoms with Gasteiger partial charge in [-0.3, -0.25) is 4.79 Å². The largest absolute Gasteiger partial charge is 0.417 e. The Morgan fingerprint density at radius 3 is 2.15 bits per heavy atom. The molecule has 3 nitrogen and oxygen atoms in total. The molecule has 1 heterocycles. The number of carbonyl (C=O) groups excluding carboxylic acids is 1. The van der Waals surface area contributed by atoms with Gasteiger partial charge in [0.25, 0.3) is 5.24 Å². The maximum absolute atomic E-state index is 11.9. The van der Waals surface area contributed by atoms with Crippen molar-refractivity contribution in [3.63, 3.8) is 0 Å². The van der Waals surface area contributed by atoms with Gasteiger partial charge in [-0.05, 0) is 23.2 Å². The molecule has 0 atom stereocenters. The molecule has 0 aliphatic carbocycles. The van der Waals surface area contributed by atoms with Crippen LogP contribution in [0.5, 0.6) is 0 Å². The summed E-state index contributed by atoms with van der Waals surface area (Å²) in [5, 5.41) is 0.290. The van der Waals surface area contributed by atoms with Gasteiger partial charge in [-0.25, -0.2) is 4.79 Å². The van der Waals surface area contributed by atoms with Crippen LogP contribution in [0, 0.1) is 0 Å². The predicted molar refractivity (Wildman–Crippen MR) is 78.1 cm³/mol. The van der Waals surface area contributed by atoms with Gasteiger partial charge in [0.1, 0.15) is 0 Å². The standard InChI is InChI=1S/C16H9ClO3/c17-15(18)14-13(10-6-2-1-3-7-10)11-8-4-5-9-12(11)16(19)20-14/h1-9H. The molecule has 0 saturated heterocycles. The Morgan fingerprint density at radius 2 is 1.50 bits per heavy atom. The molecule has 0 unspecified atom stereocenters. The lowest BCUT2D eigenvalue weighted by atomic mass is 9.99. The van der Waals surface area contributed by atoms with Gasteiger partial charge in [-0.2, -0.15) is 0 Å². The zero-order valence-corrected chi connectivity index (χ0v) is 11.1. The SMILES string of the molecule is O=C(Cl)c1oc(=O)c2ccccc2c1-c1ccccc1. The summed E-state index contributed by atoms with van der Waals surface area (Å²) < 4.78 is 5.10. The average molecular weight is 285 g/mol. The second kappa shape index (κ2) is 4.94. The van der Waals surface area contributed by atoms with Gasteiger partial charge in [0.05, 0.1) is 5.39 Å². The minimum Gasteiger partial charge on any atom is -0.417 e. The molecule has 4 heteroatoms. The molecule has 0 N–H and O–H groups in total. The fourth-order valence-electron chi connectivity index (χ4n) is 2.23. The molecule has 2 aromatic carbocycles. The zero-order chi connectivity index (χ0) is 14.1. The Hall–Kier alpha value is -2.39. The highest BCUT2D eigenvalue weighted by molar-refractivity contribution is 6.68. The van der Waals surface area contributed by atoms with E-state index in [9.17, 15) is 9.59 Å². The fourth-order valence-corrected chi connectivity index (χ4v) is 2.36. The third kappa shape index (κ3) is 2.02. The number of hydrogen-bond acceptors (Lipinski definition) is 3. The van der Waals surface area contributed by atoms with Crippen LogP contribution in [0.2, 0.25) is 0 Å². The minimum atomic E-state index is -0.785. The molecule has 3 aromatic rings. The van der Waals surface area contributed by atoms with E-state index in [2.05, 4.69) is 0 Å². The lowest BCUT2D eigenvalue weighted by Crippen LogP contribution is -2.06. The molecular weight excluding hydrogens is 276 g/mol. The molecule has 0 aliphatic heterocycles. The fraction of sp³-hybridized carbons (Fsp3) is 0. The van der Waals surface area contributed by atoms with Crippen LogP contribution in [0.1, 0.15) is 10.6 Å². The molecule has 0 bridgehead atoms. The van der Waals surface area contributed by atoms with Gasteiger partial charge in [0, 0.05) is 10.9 Å². The minimum absolute atomic E-state index is 0.124. The summed E-state index contributed by atoms with van der Waals surface area (Å²) in [7, 11) is 0. The molecule has 3 rings (SSSR count). The van der Waals surface area contributed by atoms with Crippen LogP contribution < -0.4 is 5.63 Å². The van der Waals surface area contributed by atoms with Crippen molar-refractivity contribution in [3.05, 3.63) is 70.8 Å². The van der Waals surface area contributed by atoms with E-state index in [4.69, 9.17) is 16.0 Å². The summed E-state index contributed by atoms with van der Waals surface area (Å²) in [6.07, 6.45) is 0. The third-order valence-electron chi connectivity index (χ3n) is 3.08. The highest BCUT2D eigenvalue weighted by atomic mass is 35.5. The molecule has 98 valence electrons. The summed E-state index contributed by atoms with van der Waals surface area (Å²) in [4.78, 5) is 23.5. The van der Waals surface area contributed by atoms with Gasteiger partial charge in [0.2, 0.25) is 0 Å². The van der Waals surface area contributed by atoms with Crippen molar-refractivity contribution in [2.45, 2.75) is 0 Å². The number of rotatable bonds is 2. The summed E-state index contributed by atoms with van der Waals surface area (Å²) in [5.41, 5.74) is 0.751. The van der Waals surface area contributed by atoms with Crippen LogP contribution in [0.15, 0.2) is 63.8 Å². The highest BCUT2D eigenvalue weighted by Crippen LogP contribution is 2.31. The maximum Gasteiger partial charge on any atom is 0.344 e. The van der Waals surface area contributed by atoms with Crippen LogP contribution in [-0.4, -0.2) is 5.24 Å². The first-order valence-corrected chi connectivity index (χ1v) is 6.37. The average Bonchev–Trinajstić information content (AvgIpc) is 2.48. The van der Waals surface area contributed by atoms with Crippen LogP contribution in [0.3, 0.4) is 0 Å². The Balaban J connectivity index is 2.50. The van der Waals surface area contributed by atoms with Crippen LogP contribution in [0.25, 0.3) is 21.9 Å². The quantitative estimate of drug-likeness (QED) is 0.672. The monoisotopic (exact) mass is 284 g/mol. The smallest absolute Gasteiger partial charge is 0.344 e. The Kier molecular flexibility index (Phi) is 3.12. The lowest BCUT2D eigenvalue weighted by Gasteiger charge is -2.08. The molecular formula is C16H9ClO3. The summed E-state index contributed by atoms with van der Waals surface area (Å²) in [6, 6.07) is 16.2. The Morgan fingerprint density at radius 1 is 0.900 bits per heavy atom. The molecule has 0 fully saturated rings. The van der Waals surface area contributed by atoms with E-state index in [1.54, 1.807) is 24.3 Å². The zero-order valence-electron chi connectivity index (χ0n) is 10.3. The van der Waals surface area contributed by atoms with E-state index in [-0.39, 0.29) is 5.76 Å². The molecule has 20 heavy (non-hydrogen) atoms. The van der Waals surface area contributed by atoms with Crippen molar-refractivity contribution in [3.8, 4) is 11.1 Å². The van der Waals surface area contributed by atoms with Crippen molar-refractivity contribution in [1.82, 2.24) is 0 Å². The Labute approximate surface area is 119 Å². The first-order chi connectivity index (χ1) is 9.68. The summed E-state index contributed by atoms with van der Waals surface area (Å²) in [5.74, 6) is -0.124. The van der Waals surface area contributed by atoms with Gasteiger partial charge in [-0.1, -0.05) is 48.5 Å². The molecule has 0 saturated carbocycles. The lowest BCUT2D eigenvalue weighted by molar-refractivity contribution is 0.105. The van der Waals surface area contributed by atoms with E-state index >= 15 is 0 Å². The molecule has 1 aromatic heterocycles. The third-order valence-corrected chi connectivity index (χ3v) is 3.25. The van der Waals surface area contributed by atoms with Crippen molar-refractivity contribution in [1.29, 1.82) is 0 Å². The van der Waals surface area contributed by atoms with Crippen molar-refractivity contribution in [2.75, 3.05) is 0 Å². The number of halogens is 1. The van der Waals surface area contributed by atoms with Crippen LogP contribution >= 0.6 is 11.6 Å². The number of carbonyl (C=O) groups is 1. The summed E-state index contributed by atoms with van der Waals surface area (Å²) >= 11 is 5.56. The second-order valence-corrected chi connectivity index (χ2v) is 4.62. The number of hydrogen-bond donors (Lipinski definition) is 0.